The molecule has 0 aliphatic carbocycles. The Labute approximate surface area is 84.3 Å². The summed E-state index contributed by atoms with van der Waals surface area (Å²) in [5, 5.41) is 8.31. The molecule has 0 saturated carbocycles. The lowest BCUT2D eigenvalue weighted by atomic mass is 10.0. The number of benzene rings is 1. The summed E-state index contributed by atoms with van der Waals surface area (Å²) in [5.74, 6) is 0. The van der Waals surface area contributed by atoms with Gasteiger partial charge in [0.1, 0.15) is 0 Å². The van der Waals surface area contributed by atoms with Crippen molar-refractivity contribution < 1.29 is 0 Å². The first-order valence-electron chi connectivity index (χ1n) is 5.24. The van der Waals surface area contributed by atoms with E-state index in [-0.39, 0.29) is 0 Å². The number of fused-ring (bicyclic) bond motifs is 1. The summed E-state index contributed by atoms with van der Waals surface area (Å²) < 4.78 is 0. The van der Waals surface area contributed by atoms with Crippen molar-refractivity contribution in [2.24, 2.45) is 0 Å². The van der Waals surface area contributed by atoms with Crippen LogP contribution in [0.4, 0.5) is 0 Å². The number of aryl methyl sites for hydroxylation is 2. The van der Waals surface area contributed by atoms with Gasteiger partial charge in [-0.25, -0.2) is 0 Å². The summed E-state index contributed by atoms with van der Waals surface area (Å²) >= 11 is 0. The van der Waals surface area contributed by atoms with Crippen LogP contribution in [-0.2, 0) is 6.42 Å². The van der Waals surface area contributed by atoms with E-state index < -0.39 is 0 Å². The zero-order valence-electron chi connectivity index (χ0n) is 8.80. The molecule has 2 nitrogen and oxygen atoms in total. The average Bonchev–Trinajstić information content (AvgIpc) is 2.63. The first kappa shape index (κ1) is 9.25. The molecule has 74 valence electrons. The number of nitrogens with zero attached hydrogens (tertiary/aromatic N) is 1. The Kier molecular flexibility index (Phi) is 2.53. The molecule has 0 bridgehead atoms. The molecule has 0 aliphatic heterocycles. The molecule has 0 unspecified atom stereocenters. The smallest absolute Gasteiger partial charge is 0.0679 e. The first-order valence-corrected chi connectivity index (χ1v) is 5.24. The van der Waals surface area contributed by atoms with Crippen LogP contribution in [0.1, 0.15) is 30.9 Å². The van der Waals surface area contributed by atoms with Crippen molar-refractivity contribution in [2.45, 2.75) is 33.1 Å². The van der Waals surface area contributed by atoms with E-state index in [9.17, 15) is 0 Å². The van der Waals surface area contributed by atoms with E-state index >= 15 is 0 Å². The van der Waals surface area contributed by atoms with Gasteiger partial charge in [0.15, 0.2) is 0 Å². The first-order chi connectivity index (χ1) is 6.81. The SMILES string of the molecule is CCCCc1cc(C)c2[nH]ncc2c1. The molecule has 0 aliphatic rings. The van der Waals surface area contributed by atoms with Crippen molar-refractivity contribution in [2.75, 3.05) is 0 Å². The minimum absolute atomic E-state index is 1.17. The number of nitrogens with one attached hydrogen (secondary N) is 1. The molecule has 0 atom stereocenters. The molecule has 2 aromatic rings. The fraction of sp³-hybridized carbons (Fsp3) is 0.417. The predicted octanol–water partition coefficient (Wildman–Crippen LogP) is 3.21. The van der Waals surface area contributed by atoms with Gasteiger partial charge in [0.25, 0.3) is 0 Å². The van der Waals surface area contributed by atoms with E-state index in [1.54, 1.807) is 0 Å². The number of hydrogen-bond donors (Lipinski definition) is 1. The third kappa shape index (κ3) is 1.65. The third-order valence-electron chi connectivity index (χ3n) is 2.62. The highest BCUT2D eigenvalue weighted by Gasteiger charge is 2.01. The Morgan fingerprint density at radius 3 is 3.00 bits per heavy atom. The molecule has 0 fully saturated rings. The number of H-pyrrole nitrogens is 1. The van der Waals surface area contributed by atoms with E-state index in [4.69, 9.17) is 0 Å². The van der Waals surface area contributed by atoms with E-state index in [0.29, 0.717) is 0 Å². The van der Waals surface area contributed by atoms with Gasteiger partial charge < -0.3 is 0 Å². The van der Waals surface area contributed by atoms with Crippen molar-refractivity contribution in [1.82, 2.24) is 10.2 Å². The minimum atomic E-state index is 1.17. The maximum absolute atomic E-state index is 4.06. The number of aromatic amines is 1. The van der Waals surface area contributed by atoms with Crippen molar-refractivity contribution >= 4 is 10.9 Å². The number of unbranched alkanes of at least 4 members (excludes halogenated alkanes) is 1. The second kappa shape index (κ2) is 3.82. The van der Waals surface area contributed by atoms with Gasteiger partial charge in [-0.05, 0) is 37.0 Å². The number of rotatable bonds is 3. The van der Waals surface area contributed by atoms with Crippen LogP contribution in [-0.4, -0.2) is 10.2 Å². The number of aromatic nitrogens is 2. The number of hydrogen-bond acceptors (Lipinski definition) is 1. The summed E-state index contributed by atoms with van der Waals surface area (Å²) in [6.07, 6.45) is 5.60. The summed E-state index contributed by atoms with van der Waals surface area (Å²) in [5.41, 5.74) is 3.90. The van der Waals surface area contributed by atoms with Crippen LogP contribution in [0.5, 0.6) is 0 Å². The Morgan fingerprint density at radius 1 is 1.36 bits per heavy atom. The molecule has 1 heterocycles. The standard InChI is InChI=1S/C12H16N2/c1-3-4-5-10-6-9(2)12-11(7-10)8-13-14-12/h6-8H,3-5H2,1-2H3,(H,13,14). The van der Waals surface area contributed by atoms with Crippen LogP contribution in [0.2, 0.25) is 0 Å². The molecule has 1 N–H and O–H groups in total. The Morgan fingerprint density at radius 2 is 2.21 bits per heavy atom. The summed E-state index contributed by atoms with van der Waals surface area (Å²) in [7, 11) is 0. The Balaban J connectivity index is 2.38. The maximum Gasteiger partial charge on any atom is 0.0679 e. The molecule has 2 rings (SSSR count). The van der Waals surface area contributed by atoms with Crippen LogP contribution in [0.25, 0.3) is 10.9 Å². The van der Waals surface area contributed by atoms with Crippen LogP contribution < -0.4 is 0 Å². The lowest BCUT2D eigenvalue weighted by Gasteiger charge is -2.02. The maximum atomic E-state index is 4.06. The predicted molar refractivity (Wildman–Crippen MR) is 59.4 cm³/mol. The second-order valence-corrected chi connectivity index (χ2v) is 3.85. The van der Waals surface area contributed by atoms with Crippen LogP contribution in [0, 0.1) is 6.92 Å². The quantitative estimate of drug-likeness (QED) is 0.787. The van der Waals surface area contributed by atoms with Crippen LogP contribution in [0.3, 0.4) is 0 Å². The van der Waals surface area contributed by atoms with E-state index in [2.05, 4.69) is 36.2 Å². The average molecular weight is 188 g/mol. The van der Waals surface area contributed by atoms with Crippen molar-refractivity contribution in [3.05, 3.63) is 29.5 Å². The lowest BCUT2D eigenvalue weighted by molar-refractivity contribution is 0.795. The highest BCUT2D eigenvalue weighted by molar-refractivity contribution is 5.81. The van der Waals surface area contributed by atoms with Gasteiger partial charge in [0.05, 0.1) is 11.7 Å². The van der Waals surface area contributed by atoms with Gasteiger partial charge in [-0.1, -0.05) is 19.4 Å². The Bertz CT molecular complexity index is 429. The van der Waals surface area contributed by atoms with E-state index in [1.807, 2.05) is 6.20 Å². The zero-order chi connectivity index (χ0) is 9.97. The molecule has 14 heavy (non-hydrogen) atoms. The molecule has 1 aromatic heterocycles. The van der Waals surface area contributed by atoms with E-state index in [1.165, 1.54) is 41.3 Å². The van der Waals surface area contributed by atoms with Gasteiger partial charge in [-0.3, -0.25) is 5.10 Å². The molecular formula is C12H16N2. The molecular weight excluding hydrogens is 172 g/mol. The van der Waals surface area contributed by atoms with Gasteiger partial charge in [-0.15, -0.1) is 0 Å². The van der Waals surface area contributed by atoms with Gasteiger partial charge in [0, 0.05) is 5.39 Å². The van der Waals surface area contributed by atoms with Crippen molar-refractivity contribution in [3.8, 4) is 0 Å². The van der Waals surface area contributed by atoms with Gasteiger partial charge >= 0.3 is 0 Å². The molecule has 0 radical (unpaired) electrons. The van der Waals surface area contributed by atoms with Crippen molar-refractivity contribution in [1.29, 1.82) is 0 Å². The highest BCUT2D eigenvalue weighted by Crippen LogP contribution is 2.19. The summed E-state index contributed by atoms with van der Waals surface area (Å²) in [6, 6.07) is 4.50. The minimum Gasteiger partial charge on any atom is -0.278 e. The highest BCUT2D eigenvalue weighted by atomic mass is 15.1. The second-order valence-electron chi connectivity index (χ2n) is 3.85. The summed E-state index contributed by atoms with van der Waals surface area (Å²) in [4.78, 5) is 0. The third-order valence-corrected chi connectivity index (χ3v) is 2.62. The lowest BCUT2D eigenvalue weighted by Crippen LogP contribution is -1.86. The van der Waals surface area contributed by atoms with Crippen LogP contribution >= 0.6 is 0 Å². The van der Waals surface area contributed by atoms with Gasteiger partial charge in [-0.2, -0.15) is 5.10 Å². The fourth-order valence-electron chi connectivity index (χ4n) is 1.84. The molecule has 0 saturated heterocycles. The largest absolute Gasteiger partial charge is 0.278 e. The topological polar surface area (TPSA) is 28.7 Å². The van der Waals surface area contributed by atoms with E-state index in [0.717, 1.165) is 0 Å². The normalized spacial score (nSPS) is 11.0. The fourth-order valence-corrected chi connectivity index (χ4v) is 1.84. The van der Waals surface area contributed by atoms with Crippen molar-refractivity contribution in [3.63, 3.8) is 0 Å². The zero-order valence-corrected chi connectivity index (χ0v) is 8.80. The monoisotopic (exact) mass is 188 g/mol. The molecule has 1 aromatic carbocycles. The molecule has 0 spiro atoms. The van der Waals surface area contributed by atoms with Gasteiger partial charge in [0.2, 0.25) is 0 Å². The molecule has 2 heteroatoms. The Hall–Kier alpha value is -1.31. The van der Waals surface area contributed by atoms with Crippen LogP contribution in [0.15, 0.2) is 18.3 Å². The molecule has 0 amide bonds. The summed E-state index contributed by atoms with van der Waals surface area (Å²) in [6.45, 7) is 4.36.